The van der Waals surface area contributed by atoms with Gasteiger partial charge in [0.05, 0.1) is 0 Å². The Kier molecular flexibility index (Phi) is 2.32. The van der Waals surface area contributed by atoms with Gasteiger partial charge in [-0.3, -0.25) is 0 Å². The van der Waals surface area contributed by atoms with Crippen LogP contribution in [0.1, 0.15) is 18.4 Å². The number of hydrogen-bond donors (Lipinski definition) is 1. The SMILES string of the molecule is CC(c1ccc(F)cc1)C1CNC1. The molecule has 1 unspecified atom stereocenters. The Balaban J connectivity index is 2.10. The number of hydrogen-bond acceptors (Lipinski definition) is 1. The molecule has 1 aliphatic heterocycles. The van der Waals surface area contributed by atoms with Gasteiger partial charge in [-0.25, -0.2) is 4.39 Å². The van der Waals surface area contributed by atoms with Gasteiger partial charge >= 0.3 is 0 Å². The molecule has 13 heavy (non-hydrogen) atoms. The minimum Gasteiger partial charge on any atom is -0.316 e. The molecule has 1 heterocycles. The molecule has 0 bridgehead atoms. The summed E-state index contributed by atoms with van der Waals surface area (Å²) in [4.78, 5) is 0. The van der Waals surface area contributed by atoms with E-state index in [1.54, 1.807) is 0 Å². The summed E-state index contributed by atoms with van der Waals surface area (Å²) in [6.45, 7) is 4.40. The topological polar surface area (TPSA) is 12.0 Å². The highest BCUT2D eigenvalue weighted by Gasteiger charge is 2.24. The molecular formula is C11H14FN. The highest BCUT2D eigenvalue weighted by Crippen LogP contribution is 2.26. The first kappa shape index (κ1) is 8.70. The molecule has 1 aromatic rings. The maximum Gasteiger partial charge on any atom is 0.123 e. The molecule has 70 valence electrons. The van der Waals surface area contributed by atoms with Crippen LogP contribution in [0.25, 0.3) is 0 Å². The first-order valence-electron chi connectivity index (χ1n) is 4.73. The molecule has 1 aromatic carbocycles. The van der Waals surface area contributed by atoms with Crippen molar-refractivity contribution in [2.24, 2.45) is 5.92 Å². The summed E-state index contributed by atoms with van der Waals surface area (Å²) in [5.41, 5.74) is 1.24. The third-order valence-electron chi connectivity index (χ3n) is 2.92. The average molecular weight is 179 g/mol. The largest absolute Gasteiger partial charge is 0.316 e. The summed E-state index contributed by atoms with van der Waals surface area (Å²) in [6, 6.07) is 6.85. The Bertz CT molecular complexity index is 277. The monoisotopic (exact) mass is 179 g/mol. The minimum absolute atomic E-state index is 0.150. The summed E-state index contributed by atoms with van der Waals surface area (Å²) in [7, 11) is 0. The average Bonchev–Trinajstić information content (AvgIpc) is 2.02. The molecule has 1 aliphatic rings. The highest BCUT2D eigenvalue weighted by atomic mass is 19.1. The van der Waals surface area contributed by atoms with Crippen molar-refractivity contribution in [3.8, 4) is 0 Å². The second-order valence-corrected chi connectivity index (χ2v) is 3.76. The molecule has 0 radical (unpaired) electrons. The van der Waals surface area contributed by atoms with Crippen LogP contribution < -0.4 is 5.32 Å². The molecule has 0 aromatic heterocycles. The molecule has 1 atom stereocenters. The third kappa shape index (κ3) is 1.73. The van der Waals surface area contributed by atoms with Gasteiger partial charge in [0.15, 0.2) is 0 Å². The van der Waals surface area contributed by atoms with Gasteiger partial charge in [-0.15, -0.1) is 0 Å². The lowest BCUT2D eigenvalue weighted by Gasteiger charge is -2.32. The van der Waals surface area contributed by atoms with Gasteiger partial charge in [0.25, 0.3) is 0 Å². The lowest BCUT2D eigenvalue weighted by atomic mass is 9.84. The van der Waals surface area contributed by atoms with Crippen molar-refractivity contribution < 1.29 is 4.39 Å². The molecule has 0 spiro atoms. The summed E-state index contributed by atoms with van der Waals surface area (Å²) in [5, 5.41) is 3.25. The minimum atomic E-state index is -0.150. The van der Waals surface area contributed by atoms with Gasteiger partial charge in [0, 0.05) is 0 Å². The summed E-state index contributed by atoms with van der Waals surface area (Å²) in [5.74, 6) is 1.12. The highest BCUT2D eigenvalue weighted by molar-refractivity contribution is 5.21. The van der Waals surface area contributed by atoms with E-state index in [-0.39, 0.29) is 5.82 Å². The van der Waals surface area contributed by atoms with Gasteiger partial charge in [-0.1, -0.05) is 19.1 Å². The van der Waals surface area contributed by atoms with Crippen LogP contribution in [0.5, 0.6) is 0 Å². The Labute approximate surface area is 78.0 Å². The van der Waals surface area contributed by atoms with Crippen LogP contribution in [-0.2, 0) is 0 Å². The first-order valence-corrected chi connectivity index (χ1v) is 4.73. The van der Waals surface area contributed by atoms with Crippen molar-refractivity contribution in [2.45, 2.75) is 12.8 Å². The fourth-order valence-corrected chi connectivity index (χ4v) is 1.70. The van der Waals surface area contributed by atoms with Crippen molar-refractivity contribution >= 4 is 0 Å². The van der Waals surface area contributed by atoms with Crippen molar-refractivity contribution in [1.29, 1.82) is 0 Å². The molecule has 1 fully saturated rings. The van der Waals surface area contributed by atoms with Crippen molar-refractivity contribution in [1.82, 2.24) is 5.32 Å². The Morgan fingerprint density at radius 3 is 2.38 bits per heavy atom. The van der Waals surface area contributed by atoms with Crippen LogP contribution in [0.3, 0.4) is 0 Å². The maximum atomic E-state index is 12.6. The normalized spacial score (nSPS) is 19.5. The summed E-state index contributed by atoms with van der Waals surface area (Å²) in [6.07, 6.45) is 0. The maximum absolute atomic E-state index is 12.6. The zero-order valence-electron chi connectivity index (χ0n) is 7.76. The smallest absolute Gasteiger partial charge is 0.123 e. The predicted molar refractivity (Wildman–Crippen MR) is 51.2 cm³/mol. The van der Waals surface area contributed by atoms with Gasteiger partial charge in [-0.05, 0) is 42.6 Å². The zero-order chi connectivity index (χ0) is 9.26. The molecule has 1 N–H and O–H groups in total. The Morgan fingerprint density at radius 2 is 1.92 bits per heavy atom. The Morgan fingerprint density at radius 1 is 1.31 bits per heavy atom. The zero-order valence-corrected chi connectivity index (χ0v) is 7.76. The van der Waals surface area contributed by atoms with Gasteiger partial charge in [-0.2, -0.15) is 0 Å². The number of benzene rings is 1. The van der Waals surface area contributed by atoms with Gasteiger partial charge in [0.2, 0.25) is 0 Å². The van der Waals surface area contributed by atoms with E-state index < -0.39 is 0 Å². The van der Waals surface area contributed by atoms with Gasteiger partial charge in [0.1, 0.15) is 5.82 Å². The molecule has 0 saturated carbocycles. The van der Waals surface area contributed by atoms with Crippen LogP contribution in [-0.4, -0.2) is 13.1 Å². The quantitative estimate of drug-likeness (QED) is 0.733. The Hall–Kier alpha value is -0.890. The fourth-order valence-electron chi connectivity index (χ4n) is 1.70. The van der Waals surface area contributed by atoms with Crippen LogP contribution in [0.2, 0.25) is 0 Å². The van der Waals surface area contributed by atoms with E-state index in [4.69, 9.17) is 0 Å². The summed E-state index contributed by atoms with van der Waals surface area (Å²) >= 11 is 0. The number of nitrogens with one attached hydrogen (secondary N) is 1. The second kappa shape index (κ2) is 3.46. The van der Waals surface area contributed by atoms with E-state index >= 15 is 0 Å². The molecule has 1 saturated heterocycles. The number of halogens is 1. The lowest BCUT2D eigenvalue weighted by Crippen LogP contribution is -2.44. The van der Waals surface area contributed by atoms with Crippen molar-refractivity contribution in [3.63, 3.8) is 0 Å². The van der Waals surface area contributed by atoms with E-state index in [1.807, 2.05) is 12.1 Å². The molecule has 0 aliphatic carbocycles. The van der Waals surface area contributed by atoms with Crippen LogP contribution >= 0.6 is 0 Å². The van der Waals surface area contributed by atoms with E-state index in [2.05, 4.69) is 12.2 Å². The van der Waals surface area contributed by atoms with Crippen molar-refractivity contribution in [2.75, 3.05) is 13.1 Å². The van der Waals surface area contributed by atoms with E-state index in [0.717, 1.165) is 19.0 Å². The van der Waals surface area contributed by atoms with E-state index in [0.29, 0.717) is 5.92 Å². The number of rotatable bonds is 2. The molecule has 2 rings (SSSR count). The second-order valence-electron chi connectivity index (χ2n) is 3.76. The third-order valence-corrected chi connectivity index (χ3v) is 2.92. The van der Waals surface area contributed by atoms with E-state index in [1.165, 1.54) is 17.7 Å². The van der Waals surface area contributed by atoms with Crippen LogP contribution in [0.4, 0.5) is 4.39 Å². The molecule has 2 heteroatoms. The predicted octanol–water partition coefficient (Wildman–Crippen LogP) is 2.15. The standard InChI is InChI=1S/C11H14FN/c1-8(10-6-13-7-10)9-2-4-11(12)5-3-9/h2-5,8,10,13H,6-7H2,1H3. The van der Waals surface area contributed by atoms with Gasteiger partial charge < -0.3 is 5.32 Å². The summed E-state index contributed by atoms with van der Waals surface area (Å²) < 4.78 is 12.6. The van der Waals surface area contributed by atoms with E-state index in [9.17, 15) is 4.39 Å². The molecule has 1 nitrogen and oxygen atoms in total. The van der Waals surface area contributed by atoms with Crippen LogP contribution in [0.15, 0.2) is 24.3 Å². The van der Waals surface area contributed by atoms with Crippen LogP contribution in [0, 0.1) is 11.7 Å². The molecule has 0 amide bonds. The fraction of sp³-hybridized carbons (Fsp3) is 0.455. The molecular weight excluding hydrogens is 165 g/mol. The lowest BCUT2D eigenvalue weighted by molar-refractivity contribution is 0.303. The van der Waals surface area contributed by atoms with Crippen molar-refractivity contribution in [3.05, 3.63) is 35.6 Å². The first-order chi connectivity index (χ1) is 6.27.